The van der Waals surface area contributed by atoms with E-state index in [1.807, 2.05) is 13.0 Å². The minimum Gasteiger partial charge on any atom is -0.453 e. The van der Waals surface area contributed by atoms with Crippen LogP contribution in [0.4, 0.5) is 0 Å². The van der Waals surface area contributed by atoms with Crippen molar-refractivity contribution in [2.24, 2.45) is 0 Å². The fraction of sp³-hybridized carbons (Fsp3) is 0.364. The lowest BCUT2D eigenvalue weighted by molar-refractivity contribution is -0.148. The molecule has 1 aromatic heterocycles. The van der Waals surface area contributed by atoms with E-state index in [0.29, 0.717) is 22.4 Å². The molecule has 2 N–H and O–H groups in total. The molecule has 0 aliphatic rings. The summed E-state index contributed by atoms with van der Waals surface area (Å²) in [5.74, 6) is -1.71. The number of carbonyl (C=O) groups excluding carboxylic acids is 4. The van der Waals surface area contributed by atoms with E-state index in [1.54, 1.807) is 32.0 Å². The Hall–Kier alpha value is -3.22. The molecule has 2 aromatic rings. The fourth-order valence-electron chi connectivity index (χ4n) is 3.18. The van der Waals surface area contributed by atoms with Gasteiger partial charge in [0.15, 0.2) is 11.9 Å². The van der Waals surface area contributed by atoms with Crippen LogP contribution < -0.4 is 5.32 Å². The maximum absolute atomic E-state index is 12.7. The Morgan fingerprint density at radius 3 is 2.28 bits per heavy atom. The number of esters is 1. The molecule has 0 saturated heterocycles. The first-order chi connectivity index (χ1) is 13.5. The quantitative estimate of drug-likeness (QED) is 0.551. The van der Waals surface area contributed by atoms with E-state index >= 15 is 0 Å². The molecule has 0 saturated carbocycles. The van der Waals surface area contributed by atoms with Crippen molar-refractivity contribution in [3.05, 3.63) is 57.9 Å². The molecule has 7 nitrogen and oxygen atoms in total. The summed E-state index contributed by atoms with van der Waals surface area (Å²) in [5, 5.41) is 2.57. The average molecular weight is 398 g/mol. The van der Waals surface area contributed by atoms with Gasteiger partial charge in [0, 0.05) is 16.8 Å². The van der Waals surface area contributed by atoms with Gasteiger partial charge in [-0.15, -0.1) is 0 Å². The largest absolute Gasteiger partial charge is 0.453 e. The lowest BCUT2D eigenvalue weighted by Gasteiger charge is -2.17. The van der Waals surface area contributed by atoms with Crippen molar-refractivity contribution in [1.29, 1.82) is 0 Å². The monoisotopic (exact) mass is 398 g/mol. The molecule has 1 aromatic carbocycles. The number of hydrogen-bond acceptors (Lipinski definition) is 5. The lowest BCUT2D eigenvalue weighted by Crippen LogP contribution is -2.41. The van der Waals surface area contributed by atoms with E-state index in [0.717, 1.165) is 5.56 Å². The molecule has 7 heteroatoms. The number of H-pyrrole nitrogens is 1. The van der Waals surface area contributed by atoms with Crippen molar-refractivity contribution < 1.29 is 23.9 Å². The first-order valence-corrected chi connectivity index (χ1v) is 9.35. The molecule has 0 spiro atoms. The third-order valence-corrected chi connectivity index (χ3v) is 4.68. The van der Waals surface area contributed by atoms with Crippen molar-refractivity contribution in [3.63, 3.8) is 0 Å². The summed E-state index contributed by atoms with van der Waals surface area (Å²) in [7, 11) is 0. The molecule has 0 bridgehead atoms. The first-order valence-electron chi connectivity index (χ1n) is 9.35. The third-order valence-electron chi connectivity index (χ3n) is 4.68. The molecule has 1 amide bonds. The Morgan fingerprint density at radius 2 is 1.72 bits per heavy atom. The highest BCUT2D eigenvalue weighted by Gasteiger charge is 2.28. The summed E-state index contributed by atoms with van der Waals surface area (Å²) in [5.41, 5.74) is 3.19. The number of Topliss-reactive ketones (excluding diaryl/α,β-unsaturated/α-hetero) is 2. The zero-order chi connectivity index (χ0) is 21.9. The van der Waals surface area contributed by atoms with E-state index in [4.69, 9.17) is 4.74 Å². The molecule has 0 fully saturated rings. The van der Waals surface area contributed by atoms with Crippen LogP contribution in [0.5, 0.6) is 0 Å². The second kappa shape index (κ2) is 8.86. The Balaban J connectivity index is 2.04. The van der Waals surface area contributed by atoms with Crippen LogP contribution in [0.2, 0.25) is 0 Å². The number of ketones is 2. The number of aromatic amines is 1. The molecule has 1 heterocycles. The van der Waals surface area contributed by atoms with E-state index in [-0.39, 0.29) is 11.5 Å². The second-order valence-corrected chi connectivity index (χ2v) is 7.19. The van der Waals surface area contributed by atoms with Gasteiger partial charge in [-0.3, -0.25) is 14.4 Å². The molecule has 154 valence electrons. The normalized spacial score (nSPS) is 12.8. The summed E-state index contributed by atoms with van der Waals surface area (Å²) >= 11 is 0. The van der Waals surface area contributed by atoms with Gasteiger partial charge < -0.3 is 15.0 Å². The van der Waals surface area contributed by atoms with E-state index in [1.165, 1.54) is 20.8 Å². The van der Waals surface area contributed by atoms with Crippen LogP contribution in [0.15, 0.2) is 24.3 Å². The number of nitrogens with one attached hydrogen (secondary N) is 2. The SMILES string of the molecule is CC(=O)c1c(C)[nH]c(C(=O)[C@H](C)OC(=O)[C@H](C)NC(=O)c2cccc(C)c2)c1C. The maximum atomic E-state index is 12.7. The average Bonchev–Trinajstić information content (AvgIpc) is 2.95. The van der Waals surface area contributed by atoms with E-state index in [9.17, 15) is 19.2 Å². The predicted octanol–water partition coefficient (Wildman–Crippen LogP) is 3.08. The molecule has 2 rings (SSSR count). The molecule has 0 aliphatic heterocycles. The highest BCUT2D eigenvalue weighted by Crippen LogP contribution is 2.20. The molecule has 0 unspecified atom stereocenters. The number of amides is 1. The fourth-order valence-corrected chi connectivity index (χ4v) is 3.18. The number of aryl methyl sites for hydroxylation is 2. The van der Waals surface area contributed by atoms with Crippen LogP contribution in [-0.2, 0) is 9.53 Å². The smallest absolute Gasteiger partial charge is 0.329 e. The van der Waals surface area contributed by atoms with Crippen LogP contribution >= 0.6 is 0 Å². The van der Waals surface area contributed by atoms with Gasteiger partial charge in [-0.25, -0.2) is 4.79 Å². The number of rotatable bonds is 7. The zero-order valence-corrected chi connectivity index (χ0v) is 17.5. The zero-order valence-electron chi connectivity index (χ0n) is 17.5. The van der Waals surface area contributed by atoms with E-state index < -0.39 is 29.8 Å². The van der Waals surface area contributed by atoms with Gasteiger partial charge >= 0.3 is 5.97 Å². The van der Waals surface area contributed by atoms with Crippen molar-refractivity contribution >= 4 is 23.4 Å². The topological polar surface area (TPSA) is 105 Å². The Morgan fingerprint density at radius 1 is 1.07 bits per heavy atom. The van der Waals surface area contributed by atoms with Crippen LogP contribution in [0.1, 0.15) is 68.8 Å². The summed E-state index contributed by atoms with van der Waals surface area (Å²) < 4.78 is 5.25. The highest BCUT2D eigenvalue weighted by atomic mass is 16.5. The van der Waals surface area contributed by atoms with Crippen molar-refractivity contribution in [2.45, 2.75) is 53.7 Å². The van der Waals surface area contributed by atoms with Gasteiger partial charge in [-0.1, -0.05) is 17.7 Å². The van der Waals surface area contributed by atoms with Crippen molar-refractivity contribution in [2.75, 3.05) is 0 Å². The number of benzene rings is 1. The molecule has 0 aliphatic carbocycles. The molecule has 29 heavy (non-hydrogen) atoms. The minimum absolute atomic E-state index is 0.146. The predicted molar refractivity (Wildman–Crippen MR) is 108 cm³/mol. The Labute approximate surface area is 169 Å². The molecular formula is C22H26N2O5. The first kappa shape index (κ1) is 22.1. The van der Waals surface area contributed by atoms with Crippen molar-refractivity contribution in [3.8, 4) is 0 Å². The number of carbonyl (C=O) groups is 4. The summed E-state index contributed by atoms with van der Waals surface area (Å²) in [6.45, 7) is 9.62. The summed E-state index contributed by atoms with van der Waals surface area (Å²) in [4.78, 5) is 51.9. The van der Waals surface area contributed by atoms with Gasteiger partial charge in [0.05, 0.1) is 5.69 Å². The van der Waals surface area contributed by atoms with Crippen LogP contribution in [-0.4, -0.2) is 40.6 Å². The van der Waals surface area contributed by atoms with Crippen LogP contribution in [0, 0.1) is 20.8 Å². The highest BCUT2D eigenvalue weighted by molar-refractivity contribution is 6.05. The van der Waals surface area contributed by atoms with Crippen LogP contribution in [0.3, 0.4) is 0 Å². The van der Waals surface area contributed by atoms with Gasteiger partial charge in [0.25, 0.3) is 5.91 Å². The van der Waals surface area contributed by atoms with Gasteiger partial charge in [-0.2, -0.15) is 0 Å². The second-order valence-electron chi connectivity index (χ2n) is 7.19. The Kier molecular flexibility index (Phi) is 6.74. The molecule has 0 radical (unpaired) electrons. The van der Waals surface area contributed by atoms with Crippen LogP contribution in [0.25, 0.3) is 0 Å². The van der Waals surface area contributed by atoms with Gasteiger partial charge in [0.1, 0.15) is 6.04 Å². The Bertz CT molecular complexity index is 974. The van der Waals surface area contributed by atoms with Gasteiger partial charge in [-0.05, 0) is 59.2 Å². The third kappa shape index (κ3) is 4.99. The maximum Gasteiger partial charge on any atom is 0.329 e. The molecule has 2 atom stereocenters. The minimum atomic E-state index is -1.07. The van der Waals surface area contributed by atoms with Crippen molar-refractivity contribution in [1.82, 2.24) is 10.3 Å². The number of ether oxygens (including phenoxy) is 1. The lowest BCUT2D eigenvalue weighted by atomic mass is 10.0. The van der Waals surface area contributed by atoms with Gasteiger partial charge in [0.2, 0.25) is 5.78 Å². The number of aromatic nitrogens is 1. The molecular weight excluding hydrogens is 372 g/mol. The van der Waals surface area contributed by atoms with E-state index in [2.05, 4.69) is 10.3 Å². The number of hydrogen-bond donors (Lipinski definition) is 2. The standard InChI is InChI=1S/C22H26N2O5/c1-11-8-7-9-17(10-11)21(27)24-14(4)22(28)29-16(6)20(26)19-12(2)18(15(5)25)13(3)23-19/h7-10,14,16,23H,1-6H3,(H,24,27)/t14-,16-/m0/s1. The summed E-state index contributed by atoms with van der Waals surface area (Å²) in [6.07, 6.45) is -1.07. The summed E-state index contributed by atoms with van der Waals surface area (Å²) in [6, 6.07) is 6.04.